The van der Waals surface area contributed by atoms with Crippen LogP contribution < -0.4 is 4.74 Å². The van der Waals surface area contributed by atoms with Crippen LogP contribution in [0.4, 0.5) is 4.79 Å². The molecule has 5 heteroatoms. The predicted molar refractivity (Wildman–Crippen MR) is 78.4 cm³/mol. The van der Waals surface area contributed by atoms with Crippen LogP contribution in [0.15, 0.2) is 34.9 Å². The van der Waals surface area contributed by atoms with Crippen molar-refractivity contribution in [2.75, 3.05) is 13.1 Å². The van der Waals surface area contributed by atoms with E-state index in [1.54, 1.807) is 11.2 Å². The Kier molecular flexibility index (Phi) is 3.27. The first kappa shape index (κ1) is 13.8. The molecule has 0 radical (unpaired) electrons. The van der Waals surface area contributed by atoms with Gasteiger partial charge in [0.05, 0.1) is 19.4 Å². The third kappa shape index (κ3) is 2.96. The van der Waals surface area contributed by atoms with Crippen LogP contribution in [0.25, 0.3) is 11.0 Å². The highest BCUT2D eigenvalue weighted by molar-refractivity contribution is 5.82. The summed E-state index contributed by atoms with van der Waals surface area (Å²) in [6.07, 6.45) is 1.33. The molecule has 1 aliphatic rings. The summed E-state index contributed by atoms with van der Waals surface area (Å²) < 4.78 is 16.6. The van der Waals surface area contributed by atoms with E-state index in [2.05, 4.69) is 0 Å². The van der Waals surface area contributed by atoms with Gasteiger partial charge in [0.1, 0.15) is 11.7 Å². The zero-order valence-corrected chi connectivity index (χ0v) is 12.5. The van der Waals surface area contributed by atoms with Gasteiger partial charge >= 0.3 is 6.09 Å². The normalized spacial score (nSPS) is 15.9. The number of ether oxygens (including phenoxy) is 2. The molecular formula is C16H19NO4. The second-order valence-electron chi connectivity index (χ2n) is 6.22. The number of rotatable bonds is 2. The van der Waals surface area contributed by atoms with E-state index in [-0.39, 0.29) is 12.2 Å². The SMILES string of the molecule is CC(C)(C)OC(=O)N1CC(Oc2cccc3ccoc23)C1. The van der Waals surface area contributed by atoms with E-state index in [4.69, 9.17) is 13.9 Å². The number of carbonyl (C=O) groups excluding carboxylic acids is 1. The molecule has 1 aromatic carbocycles. The van der Waals surface area contributed by atoms with Gasteiger partial charge in [-0.3, -0.25) is 0 Å². The van der Waals surface area contributed by atoms with Crippen LogP contribution in [0.2, 0.25) is 0 Å². The lowest BCUT2D eigenvalue weighted by molar-refractivity contribution is -0.0219. The number of amides is 1. The topological polar surface area (TPSA) is 51.9 Å². The Bertz CT molecular complexity index is 650. The minimum atomic E-state index is -0.469. The lowest BCUT2D eigenvalue weighted by atomic mass is 10.1. The molecule has 3 rings (SSSR count). The molecule has 21 heavy (non-hydrogen) atoms. The van der Waals surface area contributed by atoms with E-state index in [9.17, 15) is 4.79 Å². The van der Waals surface area contributed by atoms with E-state index in [1.165, 1.54) is 0 Å². The quantitative estimate of drug-likeness (QED) is 0.850. The molecule has 0 aliphatic carbocycles. The third-order valence-electron chi connectivity index (χ3n) is 3.24. The summed E-state index contributed by atoms with van der Waals surface area (Å²) in [5, 5.41) is 1.01. The maximum atomic E-state index is 11.8. The Morgan fingerprint density at radius 3 is 2.76 bits per heavy atom. The van der Waals surface area contributed by atoms with Gasteiger partial charge in [-0.05, 0) is 32.9 Å². The Morgan fingerprint density at radius 2 is 2.05 bits per heavy atom. The molecule has 1 fully saturated rings. The Hall–Kier alpha value is -2.17. The lowest BCUT2D eigenvalue weighted by Crippen LogP contribution is -2.57. The van der Waals surface area contributed by atoms with E-state index >= 15 is 0 Å². The Labute approximate surface area is 123 Å². The van der Waals surface area contributed by atoms with Crippen LogP contribution in [0.5, 0.6) is 5.75 Å². The second kappa shape index (κ2) is 4.98. The second-order valence-corrected chi connectivity index (χ2v) is 6.22. The number of furan rings is 1. The summed E-state index contributed by atoms with van der Waals surface area (Å²) >= 11 is 0. The average molecular weight is 289 g/mol. The van der Waals surface area contributed by atoms with Crippen LogP contribution in [0, 0.1) is 0 Å². The van der Waals surface area contributed by atoms with Crippen LogP contribution in [-0.4, -0.2) is 35.8 Å². The van der Waals surface area contributed by atoms with Crippen molar-refractivity contribution in [3.63, 3.8) is 0 Å². The van der Waals surface area contributed by atoms with Gasteiger partial charge in [-0.1, -0.05) is 12.1 Å². The first-order valence-corrected chi connectivity index (χ1v) is 7.03. The van der Waals surface area contributed by atoms with Gasteiger partial charge in [0, 0.05) is 5.39 Å². The fraction of sp³-hybridized carbons (Fsp3) is 0.438. The third-order valence-corrected chi connectivity index (χ3v) is 3.24. The van der Waals surface area contributed by atoms with Gasteiger partial charge in [0.15, 0.2) is 11.3 Å². The molecule has 0 atom stereocenters. The van der Waals surface area contributed by atoms with Crippen molar-refractivity contribution in [1.29, 1.82) is 0 Å². The molecule has 112 valence electrons. The van der Waals surface area contributed by atoms with Crippen LogP contribution in [-0.2, 0) is 4.74 Å². The summed E-state index contributed by atoms with van der Waals surface area (Å²) in [4.78, 5) is 13.5. The standard InChI is InChI=1S/C16H19NO4/c1-16(2,3)21-15(18)17-9-12(10-17)20-13-6-4-5-11-7-8-19-14(11)13/h4-8,12H,9-10H2,1-3H3. The number of nitrogens with zero attached hydrogens (tertiary/aromatic N) is 1. The maximum Gasteiger partial charge on any atom is 0.410 e. The summed E-state index contributed by atoms with van der Waals surface area (Å²) in [5.74, 6) is 0.714. The highest BCUT2D eigenvalue weighted by atomic mass is 16.6. The van der Waals surface area contributed by atoms with Crippen molar-refractivity contribution in [1.82, 2.24) is 4.90 Å². The Balaban J connectivity index is 1.58. The monoisotopic (exact) mass is 289 g/mol. The fourth-order valence-corrected chi connectivity index (χ4v) is 2.23. The van der Waals surface area contributed by atoms with Gasteiger partial charge < -0.3 is 18.8 Å². The van der Waals surface area contributed by atoms with Crippen molar-refractivity contribution in [3.05, 3.63) is 30.5 Å². The van der Waals surface area contributed by atoms with Crippen LogP contribution >= 0.6 is 0 Å². The van der Waals surface area contributed by atoms with E-state index in [0.717, 1.165) is 11.0 Å². The molecule has 2 aromatic rings. The minimum absolute atomic E-state index is 0.0202. The molecule has 1 aromatic heterocycles. The average Bonchev–Trinajstić information content (AvgIpc) is 2.79. The summed E-state index contributed by atoms with van der Waals surface area (Å²) in [6, 6.07) is 7.68. The number of benzene rings is 1. The first-order valence-electron chi connectivity index (χ1n) is 7.03. The molecule has 0 spiro atoms. The zero-order valence-electron chi connectivity index (χ0n) is 12.5. The van der Waals surface area contributed by atoms with E-state index in [0.29, 0.717) is 18.8 Å². The smallest absolute Gasteiger partial charge is 0.410 e. The highest BCUT2D eigenvalue weighted by Gasteiger charge is 2.35. The maximum absolute atomic E-state index is 11.8. The number of hydrogen-bond donors (Lipinski definition) is 0. The molecule has 0 unspecified atom stereocenters. The summed E-state index contributed by atoms with van der Waals surface area (Å²) in [7, 11) is 0. The van der Waals surface area contributed by atoms with E-state index in [1.807, 2.05) is 45.0 Å². The highest BCUT2D eigenvalue weighted by Crippen LogP contribution is 2.29. The number of carbonyl (C=O) groups is 1. The first-order chi connectivity index (χ1) is 9.92. The molecule has 1 aliphatic heterocycles. The molecule has 0 saturated carbocycles. The van der Waals surface area contributed by atoms with Crippen molar-refractivity contribution in [3.8, 4) is 5.75 Å². The Morgan fingerprint density at radius 1 is 1.29 bits per heavy atom. The van der Waals surface area contributed by atoms with Gasteiger partial charge in [0.25, 0.3) is 0 Å². The molecule has 5 nitrogen and oxygen atoms in total. The summed E-state index contributed by atoms with van der Waals surface area (Å²) in [6.45, 7) is 6.64. The van der Waals surface area contributed by atoms with Crippen molar-refractivity contribution >= 4 is 17.1 Å². The predicted octanol–water partition coefficient (Wildman–Crippen LogP) is 3.43. The number of likely N-dealkylation sites (tertiary alicyclic amines) is 1. The molecule has 1 amide bonds. The van der Waals surface area contributed by atoms with Gasteiger partial charge in [-0.25, -0.2) is 4.79 Å². The van der Waals surface area contributed by atoms with Crippen molar-refractivity contribution in [2.24, 2.45) is 0 Å². The minimum Gasteiger partial charge on any atom is -0.483 e. The fourth-order valence-electron chi connectivity index (χ4n) is 2.23. The largest absolute Gasteiger partial charge is 0.483 e. The number of fused-ring (bicyclic) bond motifs is 1. The lowest BCUT2D eigenvalue weighted by Gasteiger charge is -2.39. The van der Waals surface area contributed by atoms with Crippen molar-refractivity contribution in [2.45, 2.75) is 32.5 Å². The molecular weight excluding hydrogens is 270 g/mol. The van der Waals surface area contributed by atoms with Gasteiger partial charge in [-0.2, -0.15) is 0 Å². The molecule has 1 saturated heterocycles. The number of hydrogen-bond acceptors (Lipinski definition) is 4. The van der Waals surface area contributed by atoms with E-state index < -0.39 is 5.60 Å². The number of para-hydroxylation sites is 1. The summed E-state index contributed by atoms with van der Waals surface area (Å²) in [5.41, 5.74) is 0.274. The van der Waals surface area contributed by atoms with Crippen LogP contribution in [0.1, 0.15) is 20.8 Å². The molecule has 0 N–H and O–H groups in total. The molecule has 0 bridgehead atoms. The van der Waals surface area contributed by atoms with Gasteiger partial charge in [-0.15, -0.1) is 0 Å². The molecule has 2 heterocycles. The zero-order chi connectivity index (χ0) is 15.0. The van der Waals surface area contributed by atoms with Gasteiger partial charge in [0.2, 0.25) is 0 Å². The van der Waals surface area contributed by atoms with Crippen molar-refractivity contribution < 1.29 is 18.7 Å². The van der Waals surface area contributed by atoms with Crippen LogP contribution in [0.3, 0.4) is 0 Å².